The smallest absolute Gasteiger partial charge is 0.331 e. The molecule has 0 bridgehead atoms. The highest BCUT2D eigenvalue weighted by Gasteiger charge is 2.41. The second-order valence-corrected chi connectivity index (χ2v) is 9.05. The zero-order valence-electron chi connectivity index (χ0n) is 17.3. The average Bonchev–Trinajstić information content (AvgIpc) is 2.73. The van der Waals surface area contributed by atoms with Crippen LogP contribution >= 0.6 is 0 Å². The Morgan fingerprint density at radius 2 is 1.69 bits per heavy atom. The van der Waals surface area contributed by atoms with Crippen molar-refractivity contribution < 1.29 is 22.7 Å². The molecule has 0 atom stereocenters. The minimum atomic E-state index is -3.51. The van der Waals surface area contributed by atoms with Gasteiger partial charge in [-0.25, -0.2) is 13.2 Å². The van der Waals surface area contributed by atoms with Crippen molar-refractivity contribution in [3.63, 3.8) is 0 Å². The van der Waals surface area contributed by atoms with Gasteiger partial charge in [0.25, 0.3) is 0 Å². The first kappa shape index (κ1) is 23.1. The van der Waals surface area contributed by atoms with Crippen LogP contribution in [0.4, 0.5) is 0 Å². The lowest BCUT2D eigenvalue weighted by Crippen LogP contribution is -2.55. The molecule has 1 N–H and O–H groups in total. The average molecular weight is 423 g/mol. The Bertz CT molecular complexity index is 836. The Morgan fingerprint density at radius 3 is 2.21 bits per heavy atom. The SMILES string of the molecule is CCN(CC)S(=O)(=O)c1ccc(/C=C/C(=O)NC2(C(=O)OC)CCCCC2)cc1. The molecular formula is C21H30N2O5S. The summed E-state index contributed by atoms with van der Waals surface area (Å²) in [4.78, 5) is 24.8. The van der Waals surface area contributed by atoms with E-state index < -0.39 is 21.5 Å². The van der Waals surface area contributed by atoms with Gasteiger partial charge in [-0.2, -0.15) is 4.31 Å². The van der Waals surface area contributed by atoms with Gasteiger partial charge >= 0.3 is 5.97 Å². The third kappa shape index (κ3) is 5.45. The molecule has 0 aromatic heterocycles. The monoisotopic (exact) mass is 422 g/mol. The van der Waals surface area contributed by atoms with E-state index in [4.69, 9.17) is 4.74 Å². The topological polar surface area (TPSA) is 92.8 Å². The number of nitrogens with one attached hydrogen (secondary N) is 1. The van der Waals surface area contributed by atoms with Crippen molar-refractivity contribution in [2.45, 2.75) is 56.4 Å². The fraction of sp³-hybridized carbons (Fsp3) is 0.524. The standard InChI is InChI=1S/C21H30N2O5S/c1-4-23(5-2)29(26,27)18-12-9-17(10-13-18)11-14-19(24)22-21(20(25)28-3)15-7-6-8-16-21/h9-14H,4-8,15-16H2,1-3H3,(H,22,24)/b14-11+. The molecular weight excluding hydrogens is 392 g/mol. The first-order valence-corrected chi connectivity index (χ1v) is 11.4. The maximum absolute atomic E-state index is 12.5. The summed E-state index contributed by atoms with van der Waals surface area (Å²) in [7, 11) is -2.18. The molecule has 0 unspecified atom stereocenters. The second kappa shape index (κ2) is 10.0. The number of sulfonamides is 1. The van der Waals surface area contributed by atoms with Crippen LogP contribution in [0.25, 0.3) is 6.08 Å². The maximum Gasteiger partial charge on any atom is 0.331 e. The van der Waals surface area contributed by atoms with Gasteiger partial charge in [0, 0.05) is 19.2 Å². The van der Waals surface area contributed by atoms with Gasteiger partial charge in [0.2, 0.25) is 15.9 Å². The van der Waals surface area contributed by atoms with Crippen molar-refractivity contribution in [3.8, 4) is 0 Å². The fourth-order valence-corrected chi connectivity index (χ4v) is 5.10. The van der Waals surface area contributed by atoms with Crippen LogP contribution in [0.5, 0.6) is 0 Å². The lowest BCUT2D eigenvalue weighted by Gasteiger charge is -2.34. The number of benzene rings is 1. The number of ether oxygens (including phenoxy) is 1. The molecule has 7 nitrogen and oxygen atoms in total. The fourth-order valence-electron chi connectivity index (χ4n) is 3.64. The number of esters is 1. The molecule has 1 aromatic carbocycles. The molecule has 1 saturated carbocycles. The normalized spacial score (nSPS) is 16.7. The molecule has 1 aliphatic rings. The van der Waals surface area contributed by atoms with Crippen molar-refractivity contribution in [2.24, 2.45) is 0 Å². The molecule has 0 heterocycles. The van der Waals surface area contributed by atoms with Gasteiger partial charge in [-0.15, -0.1) is 0 Å². The van der Waals surface area contributed by atoms with Gasteiger partial charge in [-0.05, 0) is 36.6 Å². The summed E-state index contributed by atoms with van der Waals surface area (Å²) < 4.78 is 31.3. The van der Waals surface area contributed by atoms with Crippen LogP contribution in [-0.4, -0.2) is 50.3 Å². The first-order chi connectivity index (χ1) is 13.8. The lowest BCUT2D eigenvalue weighted by molar-refractivity contribution is -0.152. The van der Waals surface area contributed by atoms with Crippen molar-refractivity contribution in [1.82, 2.24) is 9.62 Å². The highest BCUT2D eigenvalue weighted by molar-refractivity contribution is 7.89. The van der Waals surface area contributed by atoms with E-state index in [1.807, 2.05) is 0 Å². The zero-order chi connectivity index (χ0) is 21.5. The van der Waals surface area contributed by atoms with Crippen LogP contribution in [-0.2, 0) is 24.3 Å². The third-order valence-electron chi connectivity index (χ3n) is 5.30. The number of carbonyl (C=O) groups is 2. The summed E-state index contributed by atoms with van der Waals surface area (Å²) in [6, 6.07) is 6.36. The van der Waals surface area contributed by atoms with E-state index in [2.05, 4.69) is 5.32 Å². The van der Waals surface area contributed by atoms with Gasteiger partial charge in [0.05, 0.1) is 12.0 Å². The van der Waals surface area contributed by atoms with Crippen LogP contribution in [0.1, 0.15) is 51.5 Å². The van der Waals surface area contributed by atoms with Gasteiger partial charge in [-0.1, -0.05) is 45.2 Å². The van der Waals surface area contributed by atoms with Crippen LogP contribution in [0.15, 0.2) is 35.2 Å². The molecule has 1 fully saturated rings. The minimum absolute atomic E-state index is 0.217. The molecule has 1 aromatic rings. The zero-order valence-corrected chi connectivity index (χ0v) is 18.1. The van der Waals surface area contributed by atoms with E-state index in [0.717, 1.165) is 19.3 Å². The molecule has 8 heteroatoms. The molecule has 1 aliphatic carbocycles. The van der Waals surface area contributed by atoms with E-state index in [9.17, 15) is 18.0 Å². The van der Waals surface area contributed by atoms with E-state index in [-0.39, 0.29) is 10.8 Å². The third-order valence-corrected chi connectivity index (χ3v) is 7.36. The maximum atomic E-state index is 12.5. The van der Waals surface area contributed by atoms with E-state index in [1.54, 1.807) is 32.1 Å². The highest BCUT2D eigenvalue weighted by Crippen LogP contribution is 2.29. The second-order valence-electron chi connectivity index (χ2n) is 7.12. The molecule has 0 aliphatic heterocycles. The number of hydrogen-bond acceptors (Lipinski definition) is 5. The van der Waals surface area contributed by atoms with E-state index in [0.29, 0.717) is 31.5 Å². The Hall–Kier alpha value is -2.19. The summed E-state index contributed by atoms with van der Waals surface area (Å²) in [6.07, 6.45) is 6.84. The number of rotatable bonds is 8. The van der Waals surface area contributed by atoms with Gasteiger partial charge in [0.15, 0.2) is 0 Å². The summed E-state index contributed by atoms with van der Waals surface area (Å²) in [6.45, 7) is 4.40. The van der Waals surface area contributed by atoms with Crippen molar-refractivity contribution in [1.29, 1.82) is 0 Å². The molecule has 1 amide bonds. The van der Waals surface area contributed by atoms with Crippen molar-refractivity contribution in [3.05, 3.63) is 35.9 Å². The molecule has 0 radical (unpaired) electrons. The molecule has 2 rings (SSSR count). The lowest BCUT2D eigenvalue weighted by atomic mass is 9.81. The van der Waals surface area contributed by atoms with Crippen LogP contribution in [0.2, 0.25) is 0 Å². The number of carbonyl (C=O) groups excluding carboxylic acids is 2. The molecule has 0 saturated heterocycles. The summed E-state index contributed by atoms with van der Waals surface area (Å²) in [5, 5.41) is 2.82. The quantitative estimate of drug-likeness (QED) is 0.514. The van der Waals surface area contributed by atoms with Crippen molar-refractivity contribution >= 4 is 28.0 Å². The van der Waals surface area contributed by atoms with Crippen LogP contribution < -0.4 is 5.32 Å². The Labute approximate surface area is 173 Å². The summed E-state index contributed by atoms with van der Waals surface area (Å²) >= 11 is 0. The minimum Gasteiger partial charge on any atom is -0.467 e. The molecule has 29 heavy (non-hydrogen) atoms. The predicted molar refractivity (Wildman–Crippen MR) is 112 cm³/mol. The van der Waals surface area contributed by atoms with Crippen LogP contribution in [0.3, 0.4) is 0 Å². The van der Waals surface area contributed by atoms with Gasteiger partial charge in [-0.3, -0.25) is 4.79 Å². The highest BCUT2D eigenvalue weighted by atomic mass is 32.2. The Kier molecular flexibility index (Phi) is 7.98. The Morgan fingerprint density at radius 1 is 1.10 bits per heavy atom. The predicted octanol–water partition coefficient (Wildman–Crippen LogP) is 2.72. The molecule has 160 valence electrons. The summed E-state index contributed by atoms with van der Waals surface area (Å²) in [5.41, 5.74) is -0.273. The first-order valence-electron chi connectivity index (χ1n) is 9.98. The number of nitrogens with zero attached hydrogens (tertiary/aromatic N) is 1. The molecule has 0 spiro atoms. The van der Waals surface area contributed by atoms with Crippen molar-refractivity contribution in [2.75, 3.05) is 20.2 Å². The Balaban J connectivity index is 2.09. The number of hydrogen-bond donors (Lipinski definition) is 1. The van der Waals surface area contributed by atoms with Crippen LogP contribution in [0, 0.1) is 0 Å². The number of methoxy groups -OCH3 is 1. The largest absolute Gasteiger partial charge is 0.467 e. The van der Waals surface area contributed by atoms with Gasteiger partial charge < -0.3 is 10.1 Å². The van der Waals surface area contributed by atoms with E-state index >= 15 is 0 Å². The number of amides is 1. The van der Waals surface area contributed by atoms with Gasteiger partial charge in [0.1, 0.15) is 5.54 Å². The summed E-state index contributed by atoms with van der Waals surface area (Å²) in [5.74, 6) is -0.790. The van der Waals surface area contributed by atoms with E-state index in [1.165, 1.54) is 29.6 Å².